The summed E-state index contributed by atoms with van der Waals surface area (Å²) in [6.07, 6.45) is 0.156. The Morgan fingerprint density at radius 3 is 2.22 bits per heavy atom. The molecule has 0 spiro atoms. The first-order valence-corrected chi connectivity index (χ1v) is 13.7. The van der Waals surface area contributed by atoms with Crippen LogP contribution in [0.1, 0.15) is 74.2 Å². The van der Waals surface area contributed by atoms with E-state index in [1.165, 1.54) is 13.0 Å². The van der Waals surface area contributed by atoms with E-state index in [2.05, 4.69) is 0 Å². The Morgan fingerprint density at radius 2 is 1.63 bits per heavy atom. The number of aliphatic hydroxyl groups is 3. The minimum absolute atomic E-state index is 0.00743. The van der Waals surface area contributed by atoms with Crippen LogP contribution in [0.15, 0.2) is 59.1 Å². The van der Waals surface area contributed by atoms with Crippen molar-refractivity contribution in [3.8, 4) is 16.9 Å². The van der Waals surface area contributed by atoms with Gasteiger partial charge in [0.05, 0.1) is 5.56 Å². The Balaban J connectivity index is 1.80. The zero-order valence-corrected chi connectivity index (χ0v) is 24.0. The number of phenols is 1. The van der Waals surface area contributed by atoms with Gasteiger partial charge < -0.3 is 20.4 Å². The van der Waals surface area contributed by atoms with E-state index in [0.29, 0.717) is 22.3 Å². The van der Waals surface area contributed by atoms with Crippen LogP contribution < -0.4 is 0 Å². The molecule has 2 aromatic rings. The van der Waals surface area contributed by atoms with Crippen LogP contribution in [-0.2, 0) is 16.0 Å². The minimum Gasteiger partial charge on any atom is -0.511 e. The molecule has 5 rings (SSSR count). The molecule has 3 aliphatic carbocycles. The topological polar surface area (TPSA) is 149 Å². The van der Waals surface area contributed by atoms with E-state index in [-0.39, 0.29) is 41.4 Å². The first kappa shape index (κ1) is 28.5. The second-order valence-electron chi connectivity index (χ2n) is 12.6. The van der Waals surface area contributed by atoms with E-state index in [0.717, 1.165) is 6.92 Å². The van der Waals surface area contributed by atoms with E-state index in [1.54, 1.807) is 58.0 Å². The summed E-state index contributed by atoms with van der Waals surface area (Å²) in [7, 11) is 0. The number of hydrogen-bond donors (Lipinski definition) is 4. The highest BCUT2D eigenvalue weighted by molar-refractivity contribution is 6.25. The van der Waals surface area contributed by atoms with Gasteiger partial charge in [0.1, 0.15) is 22.8 Å². The maximum atomic E-state index is 14.2. The maximum Gasteiger partial charge on any atom is 0.209 e. The van der Waals surface area contributed by atoms with E-state index in [9.17, 15) is 39.6 Å². The molecule has 0 aromatic heterocycles. The van der Waals surface area contributed by atoms with Gasteiger partial charge in [-0.2, -0.15) is 0 Å². The number of aromatic hydroxyl groups is 1. The molecule has 3 aliphatic rings. The van der Waals surface area contributed by atoms with Gasteiger partial charge >= 0.3 is 0 Å². The predicted molar refractivity (Wildman–Crippen MR) is 151 cm³/mol. The molecule has 2 aromatic carbocycles. The standard InChI is InChI=1S/C33H34O8/c1-15(2)25-27(37)23(17(4)35)29(39)33(41)30(40)26-28(38)24-21(13-31(26,5)14-32(25,33)6)20(10-11-22(24)36)19-9-7-8-18(12-19)16(3)34/h7-12,15,25,36-37,40-41H,13-14H2,1-6H3/t25?,31-,32-,33+/m1/s1. The minimum atomic E-state index is -2.65. The van der Waals surface area contributed by atoms with Crippen molar-refractivity contribution in [3.63, 3.8) is 0 Å². The quantitative estimate of drug-likeness (QED) is 0.295. The van der Waals surface area contributed by atoms with Crippen molar-refractivity contribution in [2.45, 2.75) is 60.0 Å². The molecule has 0 amide bonds. The molecule has 0 saturated carbocycles. The normalized spacial score (nSPS) is 29.3. The SMILES string of the molecule is CC(=O)C1=C(O)C(C(C)C)[C@@]2(C)C[C@@]3(C)Cc4c(-c5cccc(C(C)=O)c5)ccc(O)c4C(=O)C3=C(O)[C@@]2(O)C1=O. The molecule has 8 nitrogen and oxygen atoms in total. The average Bonchev–Trinajstić information content (AvgIpc) is 2.86. The average molecular weight is 559 g/mol. The van der Waals surface area contributed by atoms with Crippen molar-refractivity contribution in [3.05, 3.63) is 75.8 Å². The van der Waals surface area contributed by atoms with Crippen molar-refractivity contribution >= 4 is 23.1 Å². The van der Waals surface area contributed by atoms with Crippen molar-refractivity contribution in [1.82, 2.24) is 0 Å². The van der Waals surface area contributed by atoms with Gasteiger partial charge in [0, 0.05) is 27.9 Å². The maximum absolute atomic E-state index is 14.2. The Labute approximate surface area is 238 Å². The fourth-order valence-corrected chi connectivity index (χ4v) is 7.91. The number of hydrogen-bond acceptors (Lipinski definition) is 8. The largest absolute Gasteiger partial charge is 0.511 e. The predicted octanol–water partition coefficient (Wildman–Crippen LogP) is 5.22. The van der Waals surface area contributed by atoms with Crippen LogP contribution in [0.2, 0.25) is 0 Å². The van der Waals surface area contributed by atoms with Crippen molar-refractivity contribution in [2.75, 3.05) is 0 Å². The molecule has 0 bridgehead atoms. The number of carbonyl (C=O) groups excluding carboxylic acids is 4. The number of aliphatic hydroxyl groups excluding tert-OH is 2. The highest BCUT2D eigenvalue weighted by atomic mass is 16.3. The lowest BCUT2D eigenvalue weighted by molar-refractivity contribution is -0.171. The van der Waals surface area contributed by atoms with E-state index in [1.807, 2.05) is 0 Å². The van der Waals surface area contributed by atoms with Gasteiger partial charge in [-0.3, -0.25) is 19.2 Å². The fraction of sp³-hybridized carbons (Fsp3) is 0.394. The Bertz CT molecular complexity index is 1640. The summed E-state index contributed by atoms with van der Waals surface area (Å²) in [4.78, 5) is 52.5. The van der Waals surface area contributed by atoms with Gasteiger partial charge in [0.2, 0.25) is 5.78 Å². The third kappa shape index (κ3) is 3.63. The van der Waals surface area contributed by atoms with Crippen molar-refractivity contribution in [2.24, 2.45) is 22.7 Å². The second-order valence-corrected chi connectivity index (χ2v) is 12.6. The third-order valence-electron chi connectivity index (χ3n) is 9.47. The van der Waals surface area contributed by atoms with E-state index >= 15 is 0 Å². The molecule has 1 unspecified atom stereocenters. The lowest BCUT2D eigenvalue weighted by Gasteiger charge is -2.59. The number of Topliss-reactive ketones (excluding diaryl/α,β-unsaturated/α-hetero) is 4. The van der Waals surface area contributed by atoms with E-state index in [4.69, 9.17) is 0 Å². The smallest absolute Gasteiger partial charge is 0.209 e. The van der Waals surface area contributed by atoms with Gasteiger partial charge in [0.25, 0.3) is 0 Å². The number of allylic oxidation sites excluding steroid dienone is 2. The van der Waals surface area contributed by atoms with Crippen LogP contribution >= 0.6 is 0 Å². The molecule has 0 heterocycles. The zero-order chi connectivity index (χ0) is 30.4. The molecular formula is C33H34O8. The number of phenolic OH excluding ortho intramolecular Hbond substituents is 1. The molecule has 4 N–H and O–H groups in total. The summed E-state index contributed by atoms with van der Waals surface area (Å²) >= 11 is 0. The summed E-state index contributed by atoms with van der Waals surface area (Å²) in [5, 5.41) is 46.0. The summed E-state index contributed by atoms with van der Waals surface area (Å²) in [5.41, 5.74) is -3.83. The number of ketones is 4. The number of benzene rings is 2. The second kappa shape index (κ2) is 8.98. The number of carbonyl (C=O) groups is 4. The first-order valence-electron chi connectivity index (χ1n) is 13.7. The van der Waals surface area contributed by atoms with E-state index < -0.39 is 56.8 Å². The van der Waals surface area contributed by atoms with Crippen LogP contribution in [0.3, 0.4) is 0 Å². The molecule has 214 valence electrons. The zero-order valence-electron chi connectivity index (χ0n) is 24.0. The number of fused-ring (bicyclic) bond motifs is 3. The molecule has 0 saturated heterocycles. The molecule has 4 atom stereocenters. The van der Waals surface area contributed by atoms with Crippen molar-refractivity contribution < 1.29 is 39.6 Å². The summed E-state index contributed by atoms with van der Waals surface area (Å²) in [6.45, 7) is 9.49. The van der Waals surface area contributed by atoms with Crippen LogP contribution in [-0.4, -0.2) is 49.2 Å². The Kier molecular flexibility index (Phi) is 6.24. The lowest BCUT2D eigenvalue weighted by Crippen LogP contribution is -2.67. The van der Waals surface area contributed by atoms with Crippen LogP contribution in [0, 0.1) is 22.7 Å². The monoisotopic (exact) mass is 558 g/mol. The molecule has 0 aliphatic heterocycles. The lowest BCUT2D eigenvalue weighted by atomic mass is 9.44. The van der Waals surface area contributed by atoms with Crippen LogP contribution in [0.25, 0.3) is 11.1 Å². The van der Waals surface area contributed by atoms with Crippen LogP contribution in [0.5, 0.6) is 5.75 Å². The molecular weight excluding hydrogens is 524 g/mol. The number of rotatable bonds is 4. The first-order chi connectivity index (χ1) is 19.0. The highest BCUT2D eigenvalue weighted by Crippen LogP contribution is 2.65. The van der Waals surface area contributed by atoms with Gasteiger partial charge in [-0.1, -0.05) is 52.0 Å². The highest BCUT2D eigenvalue weighted by Gasteiger charge is 2.71. The van der Waals surface area contributed by atoms with Gasteiger partial charge in [0.15, 0.2) is 23.0 Å². The van der Waals surface area contributed by atoms with Gasteiger partial charge in [-0.05, 0) is 61.4 Å². The van der Waals surface area contributed by atoms with Gasteiger partial charge in [-0.15, -0.1) is 0 Å². The molecule has 41 heavy (non-hydrogen) atoms. The Morgan fingerprint density at radius 1 is 0.976 bits per heavy atom. The fourth-order valence-electron chi connectivity index (χ4n) is 7.91. The summed E-state index contributed by atoms with van der Waals surface area (Å²) < 4.78 is 0. The summed E-state index contributed by atoms with van der Waals surface area (Å²) in [6, 6.07) is 9.98. The summed E-state index contributed by atoms with van der Waals surface area (Å²) in [5.74, 6) is -5.61. The van der Waals surface area contributed by atoms with Crippen LogP contribution in [0.4, 0.5) is 0 Å². The third-order valence-corrected chi connectivity index (χ3v) is 9.47. The molecule has 0 fully saturated rings. The Hall–Kier alpha value is -4.04. The molecule has 8 heteroatoms. The molecule has 0 radical (unpaired) electrons. The van der Waals surface area contributed by atoms with Crippen molar-refractivity contribution in [1.29, 1.82) is 0 Å². The van der Waals surface area contributed by atoms with Gasteiger partial charge in [-0.25, -0.2) is 0 Å².